The van der Waals surface area contributed by atoms with Gasteiger partial charge in [0, 0.05) is 13.2 Å². The number of aryl methyl sites for hydroxylation is 1. The lowest BCUT2D eigenvalue weighted by Crippen LogP contribution is -2.02. The highest BCUT2D eigenvalue weighted by molar-refractivity contribution is 5.88. The molecule has 0 N–H and O–H groups in total. The van der Waals surface area contributed by atoms with Crippen LogP contribution in [0.5, 0.6) is 0 Å². The van der Waals surface area contributed by atoms with Crippen LogP contribution in [0.3, 0.4) is 0 Å². The zero-order valence-corrected chi connectivity index (χ0v) is 6.57. The summed E-state index contributed by atoms with van der Waals surface area (Å²) in [5.74, 6) is -0.319. The van der Waals surface area contributed by atoms with Crippen LogP contribution in [0.4, 0.5) is 0 Å². The molecule has 0 aliphatic carbocycles. The molecule has 0 aliphatic rings. The van der Waals surface area contributed by atoms with Crippen LogP contribution in [0.1, 0.15) is 24.7 Å². The molecule has 0 aromatic carbocycles. The Labute approximate surface area is 72.1 Å². The number of aromatic nitrogens is 2. The third-order valence-electron chi connectivity index (χ3n) is 1.22. The first-order valence-corrected chi connectivity index (χ1v) is 3.39. The van der Waals surface area contributed by atoms with Gasteiger partial charge in [-0.25, -0.2) is 4.79 Å². The molecule has 68 valence electrons. The van der Waals surface area contributed by atoms with E-state index in [1.807, 2.05) is 0 Å². The molecule has 0 fully saturated rings. The molecule has 1 rings (SSSR count). The topological polar surface area (TPSA) is 44.1 Å². The van der Waals surface area contributed by atoms with Crippen molar-refractivity contribution >= 4 is 5.97 Å². The van der Waals surface area contributed by atoms with E-state index >= 15 is 0 Å². The average Bonchev–Trinajstić information content (AvgIpc) is 2.36. The summed E-state index contributed by atoms with van der Waals surface area (Å²) in [5.41, 5.74) is 0.495. The SMILES string of the molecule is C.CCOC(=O)c1cnn(C)c1. The van der Waals surface area contributed by atoms with Crippen LogP contribution < -0.4 is 0 Å². The molecule has 0 amide bonds. The molecular weight excluding hydrogens is 156 g/mol. The first-order valence-electron chi connectivity index (χ1n) is 3.39. The maximum absolute atomic E-state index is 11.0. The Balaban J connectivity index is 0.00000121. The highest BCUT2D eigenvalue weighted by Crippen LogP contribution is 1.98. The highest BCUT2D eigenvalue weighted by atomic mass is 16.5. The summed E-state index contributed by atoms with van der Waals surface area (Å²) in [6.07, 6.45) is 3.11. The van der Waals surface area contributed by atoms with Crippen molar-refractivity contribution in [3.8, 4) is 0 Å². The number of hydrogen-bond acceptors (Lipinski definition) is 3. The maximum Gasteiger partial charge on any atom is 0.341 e. The smallest absolute Gasteiger partial charge is 0.341 e. The summed E-state index contributed by atoms with van der Waals surface area (Å²) in [5, 5.41) is 3.84. The first kappa shape index (κ1) is 10.7. The van der Waals surface area contributed by atoms with Gasteiger partial charge in [-0.3, -0.25) is 4.68 Å². The van der Waals surface area contributed by atoms with E-state index < -0.39 is 0 Å². The Hall–Kier alpha value is -1.32. The molecule has 1 heterocycles. The monoisotopic (exact) mass is 170 g/mol. The van der Waals surface area contributed by atoms with E-state index in [4.69, 9.17) is 4.74 Å². The van der Waals surface area contributed by atoms with Gasteiger partial charge >= 0.3 is 5.97 Å². The summed E-state index contributed by atoms with van der Waals surface area (Å²) in [6.45, 7) is 2.17. The predicted octanol–water partition coefficient (Wildman–Crippen LogP) is 1.23. The van der Waals surface area contributed by atoms with Crippen LogP contribution in [0.25, 0.3) is 0 Å². The van der Waals surface area contributed by atoms with E-state index in [1.54, 1.807) is 24.9 Å². The number of carbonyl (C=O) groups excluding carboxylic acids is 1. The Morgan fingerprint density at radius 3 is 2.83 bits per heavy atom. The summed E-state index contributed by atoms with van der Waals surface area (Å²) >= 11 is 0. The molecule has 4 heteroatoms. The lowest BCUT2D eigenvalue weighted by molar-refractivity contribution is 0.0526. The first-order chi connectivity index (χ1) is 5.24. The van der Waals surface area contributed by atoms with Gasteiger partial charge in [0.2, 0.25) is 0 Å². The summed E-state index contributed by atoms with van der Waals surface area (Å²) in [6, 6.07) is 0. The quantitative estimate of drug-likeness (QED) is 0.627. The van der Waals surface area contributed by atoms with Crippen molar-refractivity contribution in [2.45, 2.75) is 14.4 Å². The number of hydrogen-bond donors (Lipinski definition) is 0. The van der Waals surface area contributed by atoms with E-state index in [-0.39, 0.29) is 13.4 Å². The van der Waals surface area contributed by atoms with Gasteiger partial charge in [0.15, 0.2) is 0 Å². The molecule has 1 aromatic heterocycles. The lowest BCUT2D eigenvalue weighted by Gasteiger charge is -1.95. The Morgan fingerprint density at radius 2 is 2.42 bits per heavy atom. The third-order valence-corrected chi connectivity index (χ3v) is 1.22. The molecular formula is C8H14N2O2. The number of carbonyl (C=O) groups is 1. The molecule has 0 bridgehead atoms. The summed E-state index contributed by atoms with van der Waals surface area (Å²) in [7, 11) is 1.75. The second-order valence-corrected chi connectivity index (χ2v) is 2.12. The van der Waals surface area contributed by atoms with Gasteiger partial charge in [0.05, 0.1) is 18.4 Å². The van der Waals surface area contributed by atoms with Crippen molar-refractivity contribution in [2.24, 2.45) is 7.05 Å². The summed E-state index contributed by atoms with van der Waals surface area (Å²) < 4.78 is 6.31. The Morgan fingerprint density at radius 1 is 1.75 bits per heavy atom. The largest absolute Gasteiger partial charge is 0.462 e. The van der Waals surface area contributed by atoms with Crippen molar-refractivity contribution in [3.63, 3.8) is 0 Å². The van der Waals surface area contributed by atoms with Crippen LogP contribution in [-0.4, -0.2) is 22.4 Å². The minimum Gasteiger partial charge on any atom is -0.462 e. The predicted molar refractivity (Wildman–Crippen MR) is 45.9 cm³/mol. The van der Waals surface area contributed by atoms with Crippen molar-refractivity contribution in [2.75, 3.05) is 6.61 Å². The highest BCUT2D eigenvalue weighted by Gasteiger charge is 2.06. The van der Waals surface area contributed by atoms with Crippen LogP contribution >= 0.6 is 0 Å². The number of nitrogens with zero attached hydrogens (tertiary/aromatic N) is 2. The Kier molecular flexibility index (Phi) is 4.04. The molecule has 0 saturated heterocycles. The van der Waals surface area contributed by atoms with E-state index in [1.165, 1.54) is 6.20 Å². The van der Waals surface area contributed by atoms with Gasteiger partial charge in [-0.05, 0) is 6.92 Å². The molecule has 0 spiro atoms. The second-order valence-electron chi connectivity index (χ2n) is 2.12. The van der Waals surface area contributed by atoms with E-state index in [0.717, 1.165) is 0 Å². The molecule has 4 nitrogen and oxygen atoms in total. The second kappa shape index (κ2) is 4.54. The van der Waals surface area contributed by atoms with Crippen LogP contribution in [0, 0.1) is 0 Å². The van der Waals surface area contributed by atoms with Gasteiger partial charge in [-0.2, -0.15) is 5.10 Å². The third kappa shape index (κ3) is 2.38. The maximum atomic E-state index is 11.0. The van der Waals surface area contributed by atoms with Crippen LogP contribution in [0.2, 0.25) is 0 Å². The zero-order valence-electron chi connectivity index (χ0n) is 6.57. The average molecular weight is 170 g/mol. The molecule has 0 aliphatic heterocycles. The summed E-state index contributed by atoms with van der Waals surface area (Å²) in [4.78, 5) is 11.0. The zero-order chi connectivity index (χ0) is 8.27. The van der Waals surface area contributed by atoms with Crippen molar-refractivity contribution < 1.29 is 9.53 Å². The number of rotatable bonds is 2. The van der Waals surface area contributed by atoms with Crippen molar-refractivity contribution in [1.29, 1.82) is 0 Å². The minimum atomic E-state index is -0.319. The number of ether oxygens (including phenoxy) is 1. The van der Waals surface area contributed by atoms with Gasteiger partial charge in [0.1, 0.15) is 0 Å². The Bertz CT molecular complexity index is 255. The fourth-order valence-electron chi connectivity index (χ4n) is 0.741. The lowest BCUT2D eigenvalue weighted by atomic mass is 10.4. The van der Waals surface area contributed by atoms with Crippen LogP contribution in [-0.2, 0) is 11.8 Å². The molecule has 0 saturated carbocycles. The standard InChI is InChI=1S/C7H10N2O2.CH4/c1-3-11-7(10)6-4-8-9(2)5-6;/h4-5H,3H2,1-2H3;1H4. The molecule has 12 heavy (non-hydrogen) atoms. The van der Waals surface area contributed by atoms with Gasteiger partial charge in [-0.15, -0.1) is 0 Å². The van der Waals surface area contributed by atoms with Gasteiger partial charge < -0.3 is 4.74 Å². The molecule has 0 atom stereocenters. The van der Waals surface area contributed by atoms with Crippen molar-refractivity contribution in [1.82, 2.24) is 9.78 Å². The molecule has 1 aromatic rings. The van der Waals surface area contributed by atoms with Crippen molar-refractivity contribution in [3.05, 3.63) is 18.0 Å². The van der Waals surface area contributed by atoms with E-state index in [9.17, 15) is 4.79 Å². The fraction of sp³-hybridized carbons (Fsp3) is 0.500. The van der Waals surface area contributed by atoms with Gasteiger partial charge in [-0.1, -0.05) is 7.43 Å². The fourth-order valence-corrected chi connectivity index (χ4v) is 0.741. The molecule has 0 radical (unpaired) electrons. The molecule has 0 unspecified atom stereocenters. The number of esters is 1. The van der Waals surface area contributed by atoms with E-state index in [0.29, 0.717) is 12.2 Å². The van der Waals surface area contributed by atoms with Gasteiger partial charge in [0.25, 0.3) is 0 Å². The van der Waals surface area contributed by atoms with E-state index in [2.05, 4.69) is 5.10 Å². The minimum absolute atomic E-state index is 0. The van der Waals surface area contributed by atoms with Crippen LogP contribution in [0.15, 0.2) is 12.4 Å². The normalized spacial score (nSPS) is 8.83.